The summed E-state index contributed by atoms with van der Waals surface area (Å²) >= 11 is 0. The molecule has 0 radical (unpaired) electrons. The van der Waals surface area contributed by atoms with Gasteiger partial charge in [-0.15, -0.1) is 0 Å². The lowest BCUT2D eigenvalue weighted by Crippen LogP contribution is -1.98. The Morgan fingerprint density at radius 2 is 1.95 bits per heavy atom. The molecule has 94 valence electrons. The van der Waals surface area contributed by atoms with E-state index < -0.39 is 0 Å². The van der Waals surface area contributed by atoms with Crippen LogP contribution in [0.2, 0.25) is 0 Å². The van der Waals surface area contributed by atoms with E-state index in [0.717, 1.165) is 33.8 Å². The van der Waals surface area contributed by atoms with Gasteiger partial charge >= 0.3 is 0 Å². The van der Waals surface area contributed by atoms with Crippen LogP contribution in [0.4, 0.5) is 5.82 Å². The van der Waals surface area contributed by atoms with E-state index in [0.29, 0.717) is 0 Å². The minimum absolute atomic E-state index is 0.753. The van der Waals surface area contributed by atoms with Crippen LogP contribution in [0.3, 0.4) is 0 Å². The number of aromatic nitrogens is 3. The van der Waals surface area contributed by atoms with Crippen molar-refractivity contribution in [2.75, 3.05) is 12.4 Å². The first-order valence-electron chi connectivity index (χ1n) is 6.15. The van der Waals surface area contributed by atoms with Crippen molar-refractivity contribution in [3.8, 4) is 11.3 Å². The summed E-state index contributed by atoms with van der Waals surface area (Å²) in [5.41, 5.74) is 2.93. The molecule has 0 fully saturated rings. The van der Waals surface area contributed by atoms with E-state index in [1.54, 1.807) is 6.20 Å². The fourth-order valence-corrected chi connectivity index (χ4v) is 2.07. The molecule has 2 aromatic heterocycles. The summed E-state index contributed by atoms with van der Waals surface area (Å²) < 4.78 is 0. The third kappa shape index (κ3) is 2.25. The molecular weight excluding hydrogens is 236 g/mol. The highest BCUT2D eigenvalue weighted by molar-refractivity contribution is 5.83. The van der Waals surface area contributed by atoms with Crippen LogP contribution in [0.15, 0.2) is 42.6 Å². The van der Waals surface area contributed by atoms with E-state index in [2.05, 4.69) is 44.5 Å². The summed E-state index contributed by atoms with van der Waals surface area (Å²) in [6, 6.07) is 12.1. The topological polar surface area (TPSA) is 50.7 Å². The first kappa shape index (κ1) is 11.6. The van der Waals surface area contributed by atoms with Gasteiger partial charge in [0.1, 0.15) is 11.6 Å². The SMILES string of the molecule is CNc1cc(-c2ccc3cccnc3c2)nc(C)n1. The molecule has 0 spiro atoms. The number of fused-ring (bicyclic) bond motifs is 1. The molecule has 0 amide bonds. The van der Waals surface area contributed by atoms with Gasteiger partial charge < -0.3 is 5.32 Å². The summed E-state index contributed by atoms with van der Waals surface area (Å²) in [7, 11) is 1.85. The van der Waals surface area contributed by atoms with Crippen LogP contribution >= 0.6 is 0 Å². The molecule has 0 unspecified atom stereocenters. The smallest absolute Gasteiger partial charge is 0.130 e. The Balaban J connectivity index is 2.15. The normalized spacial score (nSPS) is 10.6. The van der Waals surface area contributed by atoms with Gasteiger partial charge in [0.15, 0.2) is 0 Å². The van der Waals surface area contributed by atoms with Crippen LogP contribution in [0.25, 0.3) is 22.2 Å². The second kappa shape index (κ2) is 4.65. The molecule has 2 heterocycles. The predicted molar refractivity (Wildman–Crippen MR) is 77.1 cm³/mol. The lowest BCUT2D eigenvalue weighted by atomic mass is 10.1. The molecule has 0 aliphatic rings. The third-order valence-corrected chi connectivity index (χ3v) is 3.00. The van der Waals surface area contributed by atoms with Crippen molar-refractivity contribution in [2.24, 2.45) is 0 Å². The fraction of sp³-hybridized carbons (Fsp3) is 0.133. The molecular formula is C15H14N4. The molecule has 1 N–H and O–H groups in total. The molecule has 4 heteroatoms. The summed E-state index contributed by atoms with van der Waals surface area (Å²) in [6.45, 7) is 1.89. The number of pyridine rings is 1. The van der Waals surface area contributed by atoms with Crippen molar-refractivity contribution in [1.29, 1.82) is 0 Å². The summed E-state index contributed by atoms with van der Waals surface area (Å²) in [5, 5.41) is 4.18. The molecule has 19 heavy (non-hydrogen) atoms. The molecule has 0 aliphatic carbocycles. The van der Waals surface area contributed by atoms with E-state index in [4.69, 9.17) is 0 Å². The second-order valence-electron chi connectivity index (χ2n) is 4.35. The number of anilines is 1. The van der Waals surface area contributed by atoms with Crippen LogP contribution in [0.5, 0.6) is 0 Å². The van der Waals surface area contributed by atoms with Crippen LogP contribution in [-0.4, -0.2) is 22.0 Å². The number of benzene rings is 1. The maximum atomic E-state index is 4.48. The lowest BCUT2D eigenvalue weighted by molar-refractivity contribution is 1.06. The van der Waals surface area contributed by atoms with Gasteiger partial charge in [-0.3, -0.25) is 4.98 Å². The Morgan fingerprint density at radius 3 is 2.79 bits per heavy atom. The highest BCUT2D eigenvalue weighted by Crippen LogP contribution is 2.23. The molecule has 3 rings (SSSR count). The van der Waals surface area contributed by atoms with E-state index in [1.807, 2.05) is 26.1 Å². The van der Waals surface area contributed by atoms with Gasteiger partial charge in [0.05, 0.1) is 11.2 Å². The van der Waals surface area contributed by atoms with Gasteiger partial charge in [-0.1, -0.05) is 18.2 Å². The van der Waals surface area contributed by atoms with E-state index in [1.165, 1.54) is 0 Å². The molecule has 0 saturated heterocycles. The van der Waals surface area contributed by atoms with Crippen molar-refractivity contribution in [3.63, 3.8) is 0 Å². The molecule has 4 nitrogen and oxygen atoms in total. The van der Waals surface area contributed by atoms with Gasteiger partial charge in [0.2, 0.25) is 0 Å². The molecule has 0 aliphatic heterocycles. The van der Waals surface area contributed by atoms with Gasteiger partial charge in [-0.05, 0) is 19.1 Å². The Labute approximate surface area is 111 Å². The first-order chi connectivity index (χ1) is 9.26. The molecule has 0 bridgehead atoms. The molecule has 3 aromatic rings. The number of hydrogen-bond acceptors (Lipinski definition) is 4. The predicted octanol–water partition coefficient (Wildman–Crippen LogP) is 3.04. The summed E-state index contributed by atoms with van der Waals surface area (Å²) in [6.07, 6.45) is 1.80. The van der Waals surface area contributed by atoms with Crippen molar-refractivity contribution >= 4 is 16.7 Å². The Morgan fingerprint density at radius 1 is 1.05 bits per heavy atom. The van der Waals surface area contributed by atoms with E-state index in [9.17, 15) is 0 Å². The number of nitrogens with zero attached hydrogens (tertiary/aromatic N) is 3. The van der Waals surface area contributed by atoms with Gasteiger partial charge in [-0.25, -0.2) is 9.97 Å². The number of aryl methyl sites for hydroxylation is 1. The van der Waals surface area contributed by atoms with Gasteiger partial charge in [0, 0.05) is 30.3 Å². The van der Waals surface area contributed by atoms with Crippen molar-refractivity contribution in [3.05, 3.63) is 48.4 Å². The zero-order chi connectivity index (χ0) is 13.2. The number of rotatable bonds is 2. The number of nitrogens with one attached hydrogen (secondary N) is 1. The van der Waals surface area contributed by atoms with Crippen LogP contribution < -0.4 is 5.32 Å². The van der Waals surface area contributed by atoms with E-state index in [-0.39, 0.29) is 0 Å². The van der Waals surface area contributed by atoms with Gasteiger partial charge in [0.25, 0.3) is 0 Å². The van der Waals surface area contributed by atoms with Crippen molar-refractivity contribution in [2.45, 2.75) is 6.92 Å². The zero-order valence-electron chi connectivity index (χ0n) is 10.9. The molecule has 0 atom stereocenters. The largest absolute Gasteiger partial charge is 0.373 e. The average Bonchev–Trinajstić information content (AvgIpc) is 2.46. The monoisotopic (exact) mass is 250 g/mol. The highest BCUT2D eigenvalue weighted by atomic mass is 15.0. The summed E-state index contributed by atoms with van der Waals surface area (Å²) in [5.74, 6) is 1.58. The molecule has 1 aromatic carbocycles. The van der Waals surface area contributed by atoms with Crippen molar-refractivity contribution in [1.82, 2.24) is 15.0 Å². The number of hydrogen-bond donors (Lipinski definition) is 1. The van der Waals surface area contributed by atoms with Gasteiger partial charge in [-0.2, -0.15) is 0 Å². The van der Waals surface area contributed by atoms with Crippen LogP contribution in [-0.2, 0) is 0 Å². The lowest BCUT2D eigenvalue weighted by Gasteiger charge is -2.06. The summed E-state index contributed by atoms with van der Waals surface area (Å²) in [4.78, 5) is 13.2. The third-order valence-electron chi connectivity index (χ3n) is 3.00. The van der Waals surface area contributed by atoms with Crippen LogP contribution in [0.1, 0.15) is 5.82 Å². The Hall–Kier alpha value is -2.49. The minimum Gasteiger partial charge on any atom is -0.373 e. The fourth-order valence-electron chi connectivity index (χ4n) is 2.07. The first-order valence-corrected chi connectivity index (χ1v) is 6.15. The Bertz CT molecular complexity index is 737. The van der Waals surface area contributed by atoms with Crippen molar-refractivity contribution < 1.29 is 0 Å². The minimum atomic E-state index is 0.753. The maximum Gasteiger partial charge on any atom is 0.130 e. The standard InChI is InChI=1S/C15H14N4/c1-10-18-14(9-15(16-2)19-10)12-6-5-11-4-3-7-17-13(11)8-12/h3-9H,1-2H3,(H,16,18,19). The zero-order valence-corrected chi connectivity index (χ0v) is 10.9. The van der Waals surface area contributed by atoms with E-state index >= 15 is 0 Å². The molecule has 0 saturated carbocycles. The quantitative estimate of drug-likeness (QED) is 0.759. The maximum absolute atomic E-state index is 4.48. The average molecular weight is 250 g/mol. The Kier molecular flexibility index (Phi) is 2.83. The highest BCUT2D eigenvalue weighted by Gasteiger charge is 2.05. The second-order valence-corrected chi connectivity index (χ2v) is 4.35. The van der Waals surface area contributed by atoms with Crippen LogP contribution in [0, 0.1) is 6.92 Å².